The van der Waals surface area contributed by atoms with E-state index < -0.39 is 0 Å². The van der Waals surface area contributed by atoms with Crippen LogP contribution in [-0.4, -0.2) is 52.3 Å². The molecule has 3 heterocycles. The molecule has 1 aliphatic heterocycles. The Labute approximate surface area is 167 Å². The van der Waals surface area contributed by atoms with Crippen molar-refractivity contribution in [2.75, 3.05) is 24.5 Å². The summed E-state index contributed by atoms with van der Waals surface area (Å²) in [5, 5.41) is 2.98. The van der Waals surface area contributed by atoms with E-state index >= 15 is 0 Å². The van der Waals surface area contributed by atoms with Crippen LogP contribution in [0.1, 0.15) is 56.2 Å². The van der Waals surface area contributed by atoms with Crippen LogP contribution < -0.4 is 10.2 Å². The largest absolute Gasteiger partial charge is 0.372 e. The van der Waals surface area contributed by atoms with E-state index in [0.29, 0.717) is 18.0 Å². The molecule has 1 fully saturated rings. The predicted octanol–water partition coefficient (Wildman–Crippen LogP) is 2.84. The summed E-state index contributed by atoms with van der Waals surface area (Å²) < 4.78 is 7.91. The van der Waals surface area contributed by atoms with E-state index in [1.807, 2.05) is 24.5 Å². The highest BCUT2D eigenvalue weighted by Gasteiger charge is 2.23. The third-order valence-electron chi connectivity index (χ3n) is 4.88. The standard InChI is InChI=1S/C21H31N5O2/c1-15(2)20-22-9-11-25(20)10-5-8-23-21(27)18-6-7-19(24-12-18)26-13-16(3)28-17(4)14-26/h6-7,9,11-12,15-17H,5,8,10,13-14H2,1-4H3,(H,23,27). The number of carbonyl (C=O) groups excluding carboxylic acids is 1. The minimum atomic E-state index is -0.0857. The second kappa shape index (κ2) is 9.19. The van der Waals surface area contributed by atoms with Gasteiger partial charge in [-0.15, -0.1) is 0 Å². The molecule has 2 atom stereocenters. The molecular formula is C21H31N5O2. The Hall–Kier alpha value is -2.41. The van der Waals surface area contributed by atoms with Gasteiger partial charge in [0, 0.05) is 50.7 Å². The number of rotatable bonds is 7. The van der Waals surface area contributed by atoms with Crippen molar-refractivity contribution in [2.24, 2.45) is 0 Å². The summed E-state index contributed by atoms with van der Waals surface area (Å²) in [6, 6.07) is 3.76. The third kappa shape index (κ3) is 5.10. The average molecular weight is 386 g/mol. The zero-order valence-electron chi connectivity index (χ0n) is 17.3. The van der Waals surface area contributed by atoms with Crippen LogP contribution in [0.2, 0.25) is 0 Å². The van der Waals surface area contributed by atoms with Gasteiger partial charge in [-0.2, -0.15) is 0 Å². The van der Waals surface area contributed by atoms with Gasteiger partial charge in [0.05, 0.1) is 17.8 Å². The van der Waals surface area contributed by atoms with Crippen molar-refractivity contribution in [2.45, 2.75) is 58.8 Å². The van der Waals surface area contributed by atoms with Gasteiger partial charge in [-0.05, 0) is 32.4 Å². The van der Waals surface area contributed by atoms with Gasteiger partial charge in [0.2, 0.25) is 0 Å². The van der Waals surface area contributed by atoms with E-state index in [9.17, 15) is 4.79 Å². The summed E-state index contributed by atoms with van der Waals surface area (Å²) >= 11 is 0. The van der Waals surface area contributed by atoms with Crippen molar-refractivity contribution in [3.8, 4) is 0 Å². The van der Waals surface area contributed by atoms with Gasteiger partial charge in [-0.3, -0.25) is 4.79 Å². The topological polar surface area (TPSA) is 72.3 Å². The van der Waals surface area contributed by atoms with Crippen LogP contribution in [0.25, 0.3) is 0 Å². The minimum Gasteiger partial charge on any atom is -0.372 e. The van der Waals surface area contributed by atoms with E-state index in [1.54, 1.807) is 6.20 Å². The molecule has 0 spiro atoms. The van der Waals surface area contributed by atoms with Gasteiger partial charge in [0.15, 0.2) is 0 Å². The van der Waals surface area contributed by atoms with Crippen LogP contribution in [0, 0.1) is 0 Å². The van der Waals surface area contributed by atoms with Crippen molar-refractivity contribution in [1.82, 2.24) is 19.9 Å². The fraction of sp³-hybridized carbons (Fsp3) is 0.571. The van der Waals surface area contributed by atoms with Crippen molar-refractivity contribution in [1.29, 1.82) is 0 Å². The van der Waals surface area contributed by atoms with Gasteiger partial charge < -0.3 is 19.5 Å². The number of hydrogen-bond acceptors (Lipinski definition) is 5. The maximum absolute atomic E-state index is 12.4. The third-order valence-corrected chi connectivity index (χ3v) is 4.88. The Morgan fingerprint density at radius 3 is 2.64 bits per heavy atom. The Bertz CT molecular complexity index is 761. The number of carbonyl (C=O) groups is 1. The van der Waals surface area contributed by atoms with Crippen molar-refractivity contribution < 1.29 is 9.53 Å². The molecule has 1 amide bonds. The molecule has 0 radical (unpaired) electrons. The van der Waals surface area contributed by atoms with Crippen molar-refractivity contribution in [3.63, 3.8) is 0 Å². The summed E-state index contributed by atoms with van der Waals surface area (Å²) in [5.41, 5.74) is 0.587. The number of pyridine rings is 1. The number of imidazole rings is 1. The van der Waals surface area contributed by atoms with Crippen LogP contribution in [0.4, 0.5) is 5.82 Å². The Morgan fingerprint density at radius 2 is 2.00 bits per heavy atom. The van der Waals surface area contributed by atoms with Crippen LogP contribution in [0.5, 0.6) is 0 Å². The molecule has 2 unspecified atom stereocenters. The molecule has 28 heavy (non-hydrogen) atoms. The monoisotopic (exact) mass is 385 g/mol. The minimum absolute atomic E-state index is 0.0857. The van der Waals surface area contributed by atoms with E-state index in [1.165, 1.54) is 0 Å². The molecule has 2 aromatic heterocycles. The first-order chi connectivity index (χ1) is 13.4. The number of ether oxygens (including phenoxy) is 1. The number of morpholine rings is 1. The summed E-state index contributed by atoms with van der Waals surface area (Å²) in [7, 11) is 0. The molecule has 2 aromatic rings. The number of hydrogen-bond donors (Lipinski definition) is 1. The normalized spacial score (nSPS) is 19.8. The van der Waals surface area contributed by atoms with Crippen molar-refractivity contribution in [3.05, 3.63) is 42.1 Å². The zero-order valence-corrected chi connectivity index (χ0v) is 17.3. The first-order valence-electron chi connectivity index (χ1n) is 10.1. The lowest BCUT2D eigenvalue weighted by Gasteiger charge is -2.36. The number of aromatic nitrogens is 3. The Morgan fingerprint density at radius 1 is 1.25 bits per heavy atom. The quantitative estimate of drug-likeness (QED) is 0.742. The average Bonchev–Trinajstić information content (AvgIpc) is 3.13. The van der Waals surface area contributed by atoms with Crippen molar-refractivity contribution >= 4 is 11.7 Å². The molecule has 1 N–H and O–H groups in total. The number of amides is 1. The zero-order chi connectivity index (χ0) is 20.1. The van der Waals surface area contributed by atoms with E-state index in [-0.39, 0.29) is 18.1 Å². The maximum atomic E-state index is 12.4. The molecular weight excluding hydrogens is 354 g/mol. The summed E-state index contributed by atoms with van der Waals surface area (Å²) in [4.78, 5) is 23.5. The molecule has 1 saturated heterocycles. The van der Waals surface area contributed by atoms with Crippen LogP contribution in [0.15, 0.2) is 30.7 Å². The van der Waals surface area contributed by atoms with E-state index in [0.717, 1.165) is 37.7 Å². The van der Waals surface area contributed by atoms with Gasteiger partial charge in [-0.1, -0.05) is 13.8 Å². The lowest BCUT2D eigenvalue weighted by atomic mass is 10.2. The lowest BCUT2D eigenvalue weighted by molar-refractivity contribution is -0.00546. The summed E-state index contributed by atoms with van der Waals surface area (Å²) in [5.74, 6) is 2.28. The lowest BCUT2D eigenvalue weighted by Crippen LogP contribution is -2.45. The number of aryl methyl sites for hydroxylation is 1. The second-order valence-electron chi connectivity index (χ2n) is 7.81. The van der Waals surface area contributed by atoms with E-state index in [4.69, 9.17) is 4.74 Å². The molecule has 7 heteroatoms. The maximum Gasteiger partial charge on any atom is 0.252 e. The number of nitrogens with zero attached hydrogens (tertiary/aromatic N) is 4. The first kappa shape index (κ1) is 20.3. The molecule has 0 aliphatic carbocycles. The highest BCUT2D eigenvalue weighted by Crippen LogP contribution is 2.18. The number of anilines is 1. The molecule has 152 valence electrons. The van der Waals surface area contributed by atoms with Crippen LogP contribution in [0.3, 0.4) is 0 Å². The molecule has 3 rings (SSSR count). The molecule has 1 aliphatic rings. The first-order valence-corrected chi connectivity index (χ1v) is 10.1. The van der Waals surface area contributed by atoms with Gasteiger partial charge in [0.1, 0.15) is 11.6 Å². The summed E-state index contributed by atoms with van der Waals surface area (Å²) in [6.07, 6.45) is 6.70. The molecule has 0 aromatic carbocycles. The SMILES string of the molecule is CC1CN(c2ccc(C(=O)NCCCn3ccnc3C(C)C)cn2)CC(C)O1. The molecule has 7 nitrogen and oxygen atoms in total. The fourth-order valence-corrected chi connectivity index (χ4v) is 3.64. The molecule has 0 bridgehead atoms. The van der Waals surface area contributed by atoms with Gasteiger partial charge in [-0.25, -0.2) is 9.97 Å². The number of nitrogens with one attached hydrogen (secondary N) is 1. The van der Waals surface area contributed by atoms with E-state index in [2.05, 4.69) is 52.4 Å². The van der Waals surface area contributed by atoms with Crippen LogP contribution in [-0.2, 0) is 11.3 Å². The molecule has 0 saturated carbocycles. The van der Waals surface area contributed by atoms with Gasteiger partial charge >= 0.3 is 0 Å². The Kier molecular flexibility index (Phi) is 6.67. The predicted molar refractivity (Wildman–Crippen MR) is 110 cm³/mol. The smallest absolute Gasteiger partial charge is 0.252 e. The Balaban J connectivity index is 1.47. The highest BCUT2D eigenvalue weighted by atomic mass is 16.5. The fourth-order valence-electron chi connectivity index (χ4n) is 3.64. The van der Waals surface area contributed by atoms with Crippen LogP contribution >= 0.6 is 0 Å². The van der Waals surface area contributed by atoms with Gasteiger partial charge in [0.25, 0.3) is 5.91 Å². The second-order valence-corrected chi connectivity index (χ2v) is 7.81. The summed E-state index contributed by atoms with van der Waals surface area (Å²) in [6.45, 7) is 11.5. The highest BCUT2D eigenvalue weighted by molar-refractivity contribution is 5.94.